The summed E-state index contributed by atoms with van der Waals surface area (Å²) in [6, 6.07) is 56.2. The van der Waals surface area contributed by atoms with E-state index in [1.807, 2.05) is 18.5 Å². The Labute approximate surface area is 302 Å². The molecule has 246 valence electrons. The first-order chi connectivity index (χ1) is 25.5. The zero-order valence-corrected chi connectivity index (χ0v) is 29.0. The maximum atomic E-state index is 5.43. The standard InChI is InChI=1S/C48H34N4/c1-48(2)41-23-6-3-22-40(41)46-44(48)45(34-16-9-14-32(27-34)36-18-12-26-49-30-36)50-47(51-46)35-17-10-13-31(28-35)33-15-11-19-37(29-33)52-42-24-7-4-20-38(42)39-21-5-8-25-43(39)52/h3-30H,1-2H3. The summed E-state index contributed by atoms with van der Waals surface area (Å²) in [6.45, 7) is 4.58. The van der Waals surface area contributed by atoms with Crippen LogP contribution in [0.3, 0.4) is 0 Å². The third kappa shape index (κ3) is 4.72. The minimum absolute atomic E-state index is 0.265. The van der Waals surface area contributed by atoms with E-state index in [-0.39, 0.29) is 5.41 Å². The Morgan fingerprint density at radius 1 is 0.481 bits per heavy atom. The predicted octanol–water partition coefficient (Wildman–Crippen LogP) is 11.9. The first-order valence-electron chi connectivity index (χ1n) is 17.8. The monoisotopic (exact) mass is 666 g/mol. The van der Waals surface area contributed by atoms with E-state index < -0.39 is 0 Å². The number of rotatable bonds is 5. The molecule has 4 heteroatoms. The second-order valence-electron chi connectivity index (χ2n) is 14.1. The van der Waals surface area contributed by atoms with Crippen LogP contribution >= 0.6 is 0 Å². The van der Waals surface area contributed by atoms with Crippen LogP contribution < -0.4 is 0 Å². The van der Waals surface area contributed by atoms with Crippen LogP contribution in [0.1, 0.15) is 25.0 Å². The number of hydrogen-bond acceptors (Lipinski definition) is 3. The molecule has 0 saturated carbocycles. The third-order valence-electron chi connectivity index (χ3n) is 10.7. The Morgan fingerprint density at radius 2 is 1.06 bits per heavy atom. The van der Waals surface area contributed by atoms with Crippen molar-refractivity contribution in [3.05, 3.63) is 181 Å². The fourth-order valence-corrected chi connectivity index (χ4v) is 8.20. The largest absolute Gasteiger partial charge is 0.309 e. The lowest BCUT2D eigenvalue weighted by Crippen LogP contribution is -2.17. The van der Waals surface area contributed by atoms with E-state index in [2.05, 4.69) is 175 Å². The van der Waals surface area contributed by atoms with Crippen LogP contribution in [0.4, 0.5) is 0 Å². The summed E-state index contributed by atoms with van der Waals surface area (Å²) in [5, 5.41) is 2.51. The minimum atomic E-state index is -0.265. The summed E-state index contributed by atoms with van der Waals surface area (Å²) in [7, 11) is 0. The molecule has 3 heterocycles. The molecule has 1 aliphatic rings. The fourth-order valence-electron chi connectivity index (χ4n) is 8.20. The van der Waals surface area contributed by atoms with E-state index in [1.165, 1.54) is 32.9 Å². The molecule has 0 saturated heterocycles. The molecule has 6 aromatic carbocycles. The number of nitrogens with zero attached hydrogens (tertiary/aromatic N) is 4. The molecule has 0 atom stereocenters. The molecule has 0 unspecified atom stereocenters. The number of hydrogen-bond donors (Lipinski definition) is 0. The molecular formula is C48H34N4. The maximum absolute atomic E-state index is 5.43. The van der Waals surface area contributed by atoms with Gasteiger partial charge in [0.1, 0.15) is 0 Å². The van der Waals surface area contributed by atoms with Crippen LogP contribution in [-0.2, 0) is 5.41 Å². The highest BCUT2D eigenvalue weighted by Gasteiger charge is 2.40. The molecule has 4 nitrogen and oxygen atoms in total. The van der Waals surface area contributed by atoms with E-state index in [1.54, 1.807) is 0 Å². The van der Waals surface area contributed by atoms with Gasteiger partial charge in [-0.3, -0.25) is 4.98 Å². The number of pyridine rings is 1. The molecule has 0 bridgehead atoms. The van der Waals surface area contributed by atoms with Gasteiger partial charge in [-0.05, 0) is 64.7 Å². The van der Waals surface area contributed by atoms with Crippen LogP contribution in [0.15, 0.2) is 170 Å². The van der Waals surface area contributed by atoms with E-state index in [9.17, 15) is 0 Å². The van der Waals surface area contributed by atoms with E-state index in [0.717, 1.165) is 56.0 Å². The molecule has 1 aliphatic carbocycles. The Balaban J connectivity index is 1.13. The smallest absolute Gasteiger partial charge is 0.160 e. The van der Waals surface area contributed by atoms with Gasteiger partial charge in [0.05, 0.1) is 22.4 Å². The van der Waals surface area contributed by atoms with Gasteiger partial charge in [-0.2, -0.15) is 0 Å². The average molecular weight is 667 g/mol. The van der Waals surface area contributed by atoms with Crippen molar-refractivity contribution in [2.45, 2.75) is 19.3 Å². The topological polar surface area (TPSA) is 43.6 Å². The van der Waals surface area contributed by atoms with Crippen molar-refractivity contribution in [3.63, 3.8) is 0 Å². The van der Waals surface area contributed by atoms with Gasteiger partial charge in [-0.25, -0.2) is 9.97 Å². The lowest BCUT2D eigenvalue weighted by atomic mass is 9.80. The number of fused-ring (bicyclic) bond motifs is 6. The maximum Gasteiger partial charge on any atom is 0.160 e. The van der Waals surface area contributed by atoms with Crippen LogP contribution in [0.25, 0.3) is 83.6 Å². The highest BCUT2D eigenvalue weighted by molar-refractivity contribution is 6.09. The van der Waals surface area contributed by atoms with Crippen molar-refractivity contribution in [2.24, 2.45) is 0 Å². The first-order valence-corrected chi connectivity index (χ1v) is 17.8. The Morgan fingerprint density at radius 3 is 1.81 bits per heavy atom. The molecule has 3 aromatic heterocycles. The van der Waals surface area contributed by atoms with Crippen LogP contribution in [0.2, 0.25) is 0 Å². The van der Waals surface area contributed by atoms with E-state index in [0.29, 0.717) is 5.82 Å². The number of aromatic nitrogens is 4. The molecule has 10 rings (SSSR count). The number of benzene rings is 6. The average Bonchev–Trinajstić information content (AvgIpc) is 3.67. The molecule has 9 aromatic rings. The summed E-state index contributed by atoms with van der Waals surface area (Å²) in [6.07, 6.45) is 3.72. The molecule has 0 radical (unpaired) electrons. The summed E-state index contributed by atoms with van der Waals surface area (Å²) in [4.78, 5) is 15.2. The Bertz CT molecular complexity index is 2770. The SMILES string of the molecule is CC1(C)c2ccccc2-c2nc(-c3cccc(-c4cccc(-n5c6ccccc6c6ccccc65)c4)c3)nc(-c3cccc(-c4cccnc4)c3)c21. The van der Waals surface area contributed by atoms with Gasteiger partial charge in [0.2, 0.25) is 0 Å². The van der Waals surface area contributed by atoms with Crippen LogP contribution in [0.5, 0.6) is 0 Å². The van der Waals surface area contributed by atoms with Gasteiger partial charge >= 0.3 is 0 Å². The van der Waals surface area contributed by atoms with Gasteiger partial charge in [0.25, 0.3) is 0 Å². The number of para-hydroxylation sites is 2. The first kappa shape index (κ1) is 30.2. The van der Waals surface area contributed by atoms with Crippen molar-refractivity contribution in [3.8, 4) is 61.8 Å². The van der Waals surface area contributed by atoms with Crippen molar-refractivity contribution in [1.82, 2.24) is 19.5 Å². The van der Waals surface area contributed by atoms with Crippen molar-refractivity contribution in [2.75, 3.05) is 0 Å². The lowest BCUT2D eigenvalue weighted by molar-refractivity contribution is 0.658. The minimum Gasteiger partial charge on any atom is -0.309 e. The van der Waals surface area contributed by atoms with Gasteiger partial charge < -0.3 is 4.57 Å². The Hall–Kier alpha value is -6.65. The van der Waals surface area contributed by atoms with Gasteiger partial charge in [0, 0.05) is 62.1 Å². The lowest BCUT2D eigenvalue weighted by Gasteiger charge is -2.24. The fraction of sp³-hybridized carbons (Fsp3) is 0.0625. The summed E-state index contributed by atoms with van der Waals surface area (Å²) in [5.41, 5.74) is 15.3. The predicted molar refractivity (Wildman–Crippen MR) is 213 cm³/mol. The summed E-state index contributed by atoms with van der Waals surface area (Å²) in [5.74, 6) is 0.716. The van der Waals surface area contributed by atoms with Gasteiger partial charge in [-0.1, -0.05) is 129 Å². The molecule has 0 spiro atoms. The summed E-state index contributed by atoms with van der Waals surface area (Å²) >= 11 is 0. The van der Waals surface area contributed by atoms with Crippen molar-refractivity contribution in [1.29, 1.82) is 0 Å². The third-order valence-corrected chi connectivity index (χ3v) is 10.7. The zero-order chi connectivity index (χ0) is 34.8. The van der Waals surface area contributed by atoms with E-state index in [4.69, 9.17) is 9.97 Å². The van der Waals surface area contributed by atoms with Crippen molar-refractivity contribution < 1.29 is 0 Å². The molecular weight excluding hydrogens is 633 g/mol. The van der Waals surface area contributed by atoms with Crippen LogP contribution in [-0.4, -0.2) is 19.5 Å². The molecule has 0 N–H and O–H groups in total. The normalized spacial score (nSPS) is 13.0. The Kier molecular flexibility index (Phi) is 6.80. The van der Waals surface area contributed by atoms with Crippen molar-refractivity contribution >= 4 is 21.8 Å². The zero-order valence-electron chi connectivity index (χ0n) is 29.0. The summed E-state index contributed by atoms with van der Waals surface area (Å²) < 4.78 is 2.37. The molecule has 0 aliphatic heterocycles. The highest BCUT2D eigenvalue weighted by atomic mass is 15.0. The quantitative estimate of drug-likeness (QED) is 0.184. The van der Waals surface area contributed by atoms with Crippen LogP contribution in [0, 0.1) is 0 Å². The van der Waals surface area contributed by atoms with E-state index >= 15 is 0 Å². The molecule has 52 heavy (non-hydrogen) atoms. The second-order valence-corrected chi connectivity index (χ2v) is 14.1. The van der Waals surface area contributed by atoms with Gasteiger partial charge in [0.15, 0.2) is 5.82 Å². The molecule has 0 amide bonds. The van der Waals surface area contributed by atoms with Gasteiger partial charge in [-0.15, -0.1) is 0 Å². The molecule has 0 fully saturated rings. The highest BCUT2D eigenvalue weighted by Crippen LogP contribution is 2.51. The second kappa shape index (κ2) is 11.7.